The summed E-state index contributed by atoms with van der Waals surface area (Å²) in [5.74, 6) is 2.75. The van der Waals surface area contributed by atoms with Crippen molar-refractivity contribution >= 4 is 62.2 Å². The molecule has 0 fully saturated rings. The van der Waals surface area contributed by atoms with Crippen LogP contribution in [0.2, 0.25) is 0 Å². The van der Waals surface area contributed by atoms with Crippen molar-refractivity contribution < 1.29 is 38.1 Å². The van der Waals surface area contributed by atoms with Gasteiger partial charge < -0.3 is 64.0 Å². The van der Waals surface area contributed by atoms with Crippen LogP contribution >= 0.6 is 0 Å². The van der Waals surface area contributed by atoms with Gasteiger partial charge >= 0.3 is 0 Å². The number of nitrogens with one attached hydrogen (secondary N) is 5. The van der Waals surface area contributed by atoms with E-state index in [1.165, 1.54) is 0 Å². The minimum absolute atomic E-state index is 0.101. The number of fused-ring (bicyclic) bond motifs is 4. The highest BCUT2D eigenvalue weighted by molar-refractivity contribution is 6.07. The Kier molecular flexibility index (Phi) is 23.0. The maximum Gasteiger partial charge on any atom is 0.253 e. The number of hydrogen-bond acceptors (Lipinski definition) is 16. The molecule has 12 aromatic rings. The summed E-state index contributed by atoms with van der Waals surface area (Å²) in [6.45, 7) is 7.57. The SMILES string of the molecule is CN(C)CCCOc1ccc(-c2nc3cc(-c4ccc5c(c4)N=C(c4ccc(C(=O)NCCCn6cc(COCCOCCOCCOCCN(C)C(=O)c7ccc(-c8nc9cc(-c%10ccc%11[nH]c(-c%12ccc(C(=O)NCCN(C)C)cc%12)nc%11c%10)ccc9[nH]8)cc7)nn6)cc4)C5)ccc3[nH]2)cc1. The third-order valence-corrected chi connectivity index (χ3v) is 17.8. The number of aromatic amines is 3. The quantitative estimate of drug-likeness (QED) is 0.0231. The standard InChI is InChI=1S/C80H85N15O8/c1-92(2)34-7-38-103-66-27-22-56(23-28-66)77-86-69-29-24-61(47-72(69)89-77)60-20-21-64-50-70(83-71(64)46-60)53-8-14-57(15-9-53)78(96)81-32-6-35-95-51-65(90-91-95)52-102-45-44-101-43-42-100-41-40-99-39-37-94(5)80(98)59-18-12-55(13-19-59)76-85-68-31-26-63(49-74(68)88-76)62-25-30-67-73(48-62)87-75(84-67)54-10-16-58(17-11-54)79(97)82-33-36-93(3)4/h8-31,46-49,51H,6-7,32-45,50,52H2,1-5H3,(H,81,96)(H,82,97)(H,84,87)(H,85,88)(H,86,89). The number of aliphatic imine (C=N–C) groups is 1. The predicted molar refractivity (Wildman–Crippen MR) is 401 cm³/mol. The fourth-order valence-electron chi connectivity index (χ4n) is 12.1. The Morgan fingerprint density at radius 1 is 0.466 bits per heavy atom. The van der Waals surface area contributed by atoms with Crippen molar-refractivity contribution in [2.75, 3.05) is 121 Å². The predicted octanol–water partition coefficient (Wildman–Crippen LogP) is 11.7. The summed E-state index contributed by atoms with van der Waals surface area (Å²) in [5.41, 5.74) is 18.7. The van der Waals surface area contributed by atoms with E-state index in [-0.39, 0.29) is 17.7 Å². The lowest BCUT2D eigenvalue weighted by Gasteiger charge is -2.17. The normalized spacial score (nSPS) is 12.1. The van der Waals surface area contributed by atoms with E-state index in [2.05, 4.69) is 116 Å². The molecule has 8 aromatic carbocycles. The van der Waals surface area contributed by atoms with Crippen LogP contribution in [-0.2, 0) is 38.5 Å². The number of hydrogen-bond donors (Lipinski definition) is 5. The molecule has 5 heterocycles. The van der Waals surface area contributed by atoms with Crippen molar-refractivity contribution in [3.8, 4) is 62.2 Å². The smallest absolute Gasteiger partial charge is 0.253 e. The lowest BCUT2D eigenvalue weighted by molar-refractivity contribution is -0.00559. The number of benzene rings is 8. The van der Waals surface area contributed by atoms with Gasteiger partial charge in [0, 0.05) is 86.1 Å². The summed E-state index contributed by atoms with van der Waals surface area (Å²) in [4.78, 5) is 74.9. The summed E-state index contributed by atoms with van der Waals surface area (Å²) in [6.07, 6.45) is 4.21. The van der Waals surface area contributed by atoms with E-state index in [1.54, 1.807) is 16.6 Å². The second-order valence-corrected chi connectivity index (χ2v) is 26.1. The Balaban J connectivity index is 0.458. The molecule has 1 aliphatic heterocycles. The first kappa shape index (κ1) is 70.4. The van der Waals surface area contributed by atoms with Gasteiger partial charge in [0.1, 0.15) is 28.9 Å². The molecule has 23 heteroatoms. The fourth-order valence-corrected chi connectivity index (χ4v) is 12.1. The van der Waals surface area contributed by atoms with E-state index >= 15 is 0 Å². The van der Waals surface area contributed by atoms with Crippen molar-refractivity contribution in [3.05, 3.63) is 210 Å². The number of ether oxygens (including phenoxy) is 5. The second kappa shape index (κ2) is 33.6. The first-order chi connectivity index (χ1) is 50.3. The van der Waals surface area contributed by atoms with Gasteiger partial charge in [-0.3, -0.25) is 24.1 Å². The van der Waals surface area contributed by atoms with Gasteiger partial charge in [-0.2, -0.15) is 0 Å². The van der Waals surface area contributed by atoms with Crippen LogP contribution in [0, 0.1) is 0 Å². The minimum Gasteiger partial charge on any atom is -0.494 e. The largest absolute Gasteiger partial charge is 0.494 e. The highest BCUT2D eigenvalue weighted by atomic mass is 16.6. The van der Waals surface area contributed by atoms with Crippen LogP contribution in [0.25, 0.3) is 89.5 Å². The van der Waals surface area contributed by atoms with Gasteiger partial charge in [0.25, 0.3) is 17.7 Å². The van der Waals surface area contributed by atoms with E-state index in [9.17, 15) is 14.4 Å². The molecule has 103 heavy (non-hydrogen) atoms. The number of likely N-dealkylation sites (N-methyl/N-ethyl adjacent to an activating group) is 2. The highest BCUT2D eigenvalue weighted by Crippen LogP contribution is 2.36. The zero-order chi connectivity index (χ0) is 71.0. The number of carbonyl (C=O) groups excluding carboxylic acids is 3. The molecule has 5 N–H and O–H groups in total. The van der Waals surface area contributed by atoms with Crippen molar-refractivity contribution in [2.45, 2.75) is 32.4 Å². The van der Waals surface area contributed by atoms with E-state index in [0.717, 1.165) is 131 Å². The van der Waals surface area contributed by atoms with E-state index in [0.29, 0.717) is 127 Å². The number of nitrogens with zero attached hydrogens (tertiary/aromatic N) is 10. The molecule has 0 radical (unpaired) electrons. The maximum atomic E-state index is 13.3. The third-order valence-electron chi connectivity index (χ3n) is 17.8. The zero-order valence-corrected chi connectivity index (χ0v) is 58.7. The molecule has 1 aliphatic rings. The number of aromatic nitrogens is 9. The number of rotatable bonds is 35. The molecule has 0 aliphatic carbocycles. The topological polar surface area (TPSA) is 260 Å². The molecule has 0 saturated carbocycles. The Hall–Kier alpha value is -11.1. The molecular weight excluding hydrogens is 1300 g/mol. The van der Waals surface area contributed by atoms with E-state index < -0.39 is 0 Å². The Morgan fingerprint density at radius 2 is 0.932 bits per heavy atom. The van der Waals surface area contributed by atoms with Gasteiger partial charge in [0.15, 0.2) is 0 Å². The maximum absolute atomic E-state index is 13.3. The summed E-state index contributed by atoms with van der Waals surface area (Å²) in [7, 11) is 9.84. The van der Waals surface area contributed by atoms with Gasteiger partial charge in [0.05, 0.1) is 110 Å². The van der Waals surface area contributed by atoms with E-state index in [4.69, 9.17) is 43.6 Å². The van der Waals surface area contributed by atoms with Gasteiger partial charge in [0.2, 0.25) is 0 Å². The molecule has 13 rings (SSSR count). The van der Waals surface area contributed by atoms with Gasteiger partial charge in [-0.05, 0) is 178 Å². The number of imidazole rings is 3. The van der Waals surface area contributed by atoms with E-state index in [1.807, 2.05) is 134 Å². The van der Waals surface area contributed by atoms with Crippen molar-refractivity contribution in [3.63, 3.8) is 0 Å². The summed E-state index contributed by atoms with van der Waals surface area (Å²) in [6, 6.07) is 55.6. The Labute approximate surface area is 597 Å². The van der Waals surface area contributed by atoms with Crippen molar-refractivity contribution in [1.82, 2.24) is 70.2 Å². The number of carbonyl (C=O) groups is 3. The average molecular weight is 1380 g/mol. The molecule has 0 saturated heterocycles. The molecule has 0 unspecified atom stereocenters. The first-order valence-corrected chi connectivity index (χ1v) is 34.9. The first-order valence-electron chi connectivity index (χ1n) is 34.9. The van der Waals surface area contributed by atoms with Gasteiger partial charge in [-0.15, -0.1) is 5.10 Å². The van der Waals surface area contributed by atoms with Crippen LogP contribution in [0.5, 0.6) is 5.75 Å². The van der Waals surface area contributed by atoms with Gasteiger partial charge in [-0.1, -0.05) is 71.9 Å². The van der Waals surface area contributed by atoms with Crippen LogP contribution in [-0.4, -0.2) is 204 Å². The lowest BCUT2D eigenvalue weighted by atomic mass is 9.99. The molecule has 0 spiro atoms. The van der Waals surface area contributed by atoms with Crippen LogP contribution < -0.4 is 15.4 Å². The molecular formula is C80H85N15O8. The van der Waals surface area contributed by atoms with Crippen LogP contribution in [0.3, 0.4) is 0 Å². The molecule has 4 aromatic heterocycles. The summed E-state index contributed by atoms with van der Waals surface area (Å²) >= 11 is 0. The molecule has 23 nitrogen and oxygen atoms in total. The molecule has 0 bridgehead atoms. The zero-order valence-electron chi connectivity index (χ0n) is 58.7. The lowest BCUT2D eigenvalue weighted by Crippen LogP contribution is -2.31. The summed E-state index contributed by atoms with van der Waals surface area (Å²) < 4.78 is 30.5. The van der Waals surface area contributed by atoms with Crippen molar-refractivity contribution in [1.29, 1.82) is 0 Å². The third kappa shape index (κ3) is 18.4. The highest BCUT2D eigenvalue weighted by Gasteiger charge is 2.20. The fraction of sp³-hybridized carbons (Fsp3) is 0.287. The number of H-pyrrole nitrogens is 3. The van der Waals surface area contributed by atoms with Gasteiger partial charge in [-0.25, -0.2) is 15.0 Å². The Bertz CT molecular complexity index is 4910. The minimum atomic E-state index is -0.138. The van der Waals surface area contributed by atoms with Crippen LogP contribution in [0.15, 0.2) is 181 Å². The van der Waals surface area contributed by atoms with Crippen LogP contribution in [0.1, 0.15) is 60.7 Å². The summed E-state index contributed by atoms with van der Waals surface area (Å²) in [5, 5.41) is 14.4. The monoisotopic (exact) mass is 1380 g/mol. The van der Waals surface area contributed by atoms with Crippen molar-refractivity contribution in [2.24, 2.45) is 4.99 Å². The molecule has 3 amide bonds. The average Bonchev–Trinajstić information content (AvgIpc) is 1.64. The number of aryl methyl sites for hydroxylation is 1. The van der Waals surface area contributed by atoms with Crippen LogP contribution in [0.4, 0.5) is 5.69 Å². The Morgan fingerprint density at radius 3 is 1.48 bits per heavy atom. The molecule has 0 atom stereocenters. The molecule has 528 valence electrons. The second-order valence-electron chi connectivity index (χ2n) is 26.1. The number of amides is 3.